The molecular formula is C67H141O15P7S8. The van der Waals surface area contributed by atoms with E-state index in [0.29, 0.717) is 88.5 Å². The van der Waals surface area contributed by atoms with E-state index in [9.17, 15) is 4.79 Å². The quantitative estimate of drug-likeness (QED) is 0.0420. The van der Waals surface area contributed by atoms with Gasteiger partial charge >= 0.3 is 5.97 Å². The molecule has 30 heteroatoms. The fraction of sp³-hybridized carbons (Fsp3) is 0.985. The molecule has 0 aromatic rings. The van der Waals surface area contributed by atoms with E-state index in [1.54, 1.807) is 45.5 Å². The molecular weight excluding hydrogens is 1520 g/mol. The summed E-state index contributed by atoms with van der Waals surface area (Å²) in [5.74, 6) is 8.19. The summed E-state index contributed by atoms with van der Waals surface area (Å²) in [5, 5.41) is 0. The van der Waals surface area contributed by atoms with Crippen LogP contribution in [0, 0.1) is 47.3 Å². The molecule has 0 saturated carbocycles. The number of rotatable bonds is 64. The van der Waals surface area contributed by atoms with Gasteiger partial charge in [0.1, 0.15) is 0 Å². The summed E-state index contributed by atoms with van der Waals surface area (Å²) in [6, 6.07) is 0. The van der Waals surface area contributed by atoms with Crippen LogP contribution < -0.4 is 0 Å². The first-order valence-electron chi connectivity index (χ1n) is 35.8. The van der Waals surface area contributed by atoms with E-state index in [1.165, 1.54) is 22.8 Å². The summed E-state index contributed by atoms with van der Waals surface area (Å²) in [7, 11) is -5.65. The molecule has 0 saturated heterocycles. The van der Waals surface area contributed by atoms with E-state index < -0.39 is 50.9 Å². The zero-order valence-electron chi connectivity index (χ0n) is 65.6. The van der Waals surface area contributed by atoms with Crippen LogP contribution in [-0.2, 0) is 80.1 Å². The van der Waals surface area contributed by atoms with Crippen molar-refractivity contribution in [2.24, 2.45) is 47.3 Å². The van der Waals surface area contributed by atoms with Crippen molar-refractivity contribution in [1.82, 2.24) is 0 Å². The maximum absolute atomic E-state index is 12.7. The van der Waals surface area contributed by atoms with Crippen molar-refractivity contribution in [3.63, 3.8) is 0 Å². The lowest BCUT2D eigenvalue weighted by Crippen LogP contribution is -2.17. The van der Waals surface area contributed by atoms with Gasteiger partial charge in [-0.1, -0.05) is 172 Å². The monoisotopic (exact) mass is 1660 g/mol. The number of hydrogen-bond donors (Lipinski definition) is 0. The fourth-order valence-corrected chi connectivity index (χ4v) is 37.3. The second-order valence-electron chi connectivity index (χ2n) is 28.9. The molecule has 0 aliphatic rings. The van der Waals surface area contributed by atoms with E-state index in [4.69, 9.17) is 75.4 Å². The molecule has 0 aliphatic heterocycles. The summed E-state index contributed by atoms with van der Waals surface area (Å²) in [6.45, 7) is 61.2. The highest BCUT2D eigenvalue weighted by molar-refractivity contribution is 8.68. The van der Waals surface area contributed by atoms with Crippen molar-refractivity contribution in [2.75, 3.05) is 60.1 Å². The molecule has 0 amide bonds. The summed E-state index contributed by atoms with van der Waals surface area (Å²) in [4.78, 5) is 12.7. The van der Waals surface area contributed by atoms with Crippen LogP contribution in [0.25, 0.3) is 0 Å². The Morgan fingerprint density at radius 3 is 0.887 bits per heavy atom. The van der Waals surface area contributed by atoms with Crippen molar-refractivity contribution >= 4 is 148 Å². The fourth-order valence-electron chi connectivity index (χ4n) is 9.65. The van der Waals surface area contributed by atoms with Crippen LogP contribution in [0.2, 0.25) is 0 Å². The molecule has 0 bridgehead atoms. The molecule has 16 unspecified atom stereocenters. The molecule has 0 rings (SSSR count). The minimum atomic E-state index is -3.00. The minimum absolute atomic E-state index is 0.0590. The topological polar surface area (TPSA) is 146 Å². The number of carbonyl (C=O) groups is 1. The van der Waals surface area contributed by atoms with Crippen LogP contribution in [0.4, 0.5) is 0 Å². The van der Waals surface area contributed by atoms with Gasteiger partial charge in [-0.15, -0.1) is 11.4 Å². The molecule has 0 radical (unpaired) electrons. The lowest BCUT2D eigenvalue weighted by molar-refractivity contribution is -0.142. The Morgan fingerprint density at radius 1 is 0.351 bits per heavy atom. The average Bonchev–Trinajstić information content (AvgIpc) is 1.06. The lowest BCUT2D eigenvalue weighted by Gasteiger charge is -2.31. The maximum atomic E-state index is 12.7. The number of hydrogen-bond acceptors (Lipinski definition) is 23. The molecule has 0 heterocycles. The highest BCUT2D eigenvalue weighted by Crippen LogP contribution is 2.66. The van der Waals surface area contributed by atoms with Crippen molar-refractivity contribution in [3.05, 3.63) is 0 Å². The minimum Gasteiger partial charge on any atom is -0.466 e. The van der Waals surface area contributed by atoms with E-state index in [2.05, 4.69) is 180 Å². The third-order valence-electron chi connectivity index (χ3n) is 13.0. The highest BCUT2D eigenvalue weighted by atomic mass is 32.9. The van der Waals surface area contributed by atoms with Gasteiger partial charge in [0, 0.05) is 53.5 Å². The van der Waals surface area contributed by atoms with Crippen LogP contribution in [-0.4, -0.2) is 139 Å². The first-order chi connectivity index (χ1) is 45.3. The summed E-state index contributed by atoms with van der Waals surface area (Å²) in [6.07, 6.45) is 7.12. The van der Waals surface area contributed by atoms with Crippen LogP contribution in [0.3, 0.4) is 0 Å². The zero-order valence-corrected chi connectivity index (χ0v) is 78.4. The van der Waals surface area contributed by atoms with Gasteiger partial charge in [0.25, 0.3) is 0 Å². The summed E-state index contributed by atoms with van der Waals surface area (Å²) in [5.41, 5.74) is -3.00. The normalized spacial score (nSPS) is 19.3. The third kappa shape index (κ3) is 59.2. The van der Waals surface area contributed by atoms with Gasteiger partial charge in [-0.3, -0.25) is 4.79 Å². The van der Waals surface area contributed by atoms with Gasteiger partial charge in [-0.05, 0) is 194 Å². The summed E-state index contributed by atoms with van der Waals surface area (Å²) < 4.78 is 92.9. The molecule has 15 nitrogen and oxygen atoms in total. The second-order valence-corrected chi connectivity index (χ2v) is 54.9. The molecule has 0 aliphatic carbocycles. The Morgan fingerprint density at radius 2 is 0.608 bits per heavy atom. The summed E-state index contributed by atoms with van der Waals surface area (Å²) >= 11 is 18.2. The SMILES string of the molecule is CCOC(=O)CCSP(OC(C)CSP(OC(C)CSP(OC(C)CC(C)C)OC(C)CC(C)C)OC(C)CSP(OC(C)CC(C)C)OC(C)CC(C)C)OC(C)CSP(=S)(OC(C)CSP(CC(C)CC(C)C)OC)OC(C)CSP(OC(C)CC(C)C)OC(C)CC(C)C. The Balaban J connectivity index is 7.03. The van der Waals surface area contributed by atoms with Gasteiger partial charge in [-0.2, -0.15) is 0 Å². The van der Waals surface area contributed by atoms with Crippen LogP contribution >= 0.6 is 131 Å². The van der Waals surface area contributed by atoms with Crippen LogP contribution in [0.5, 0.6) is 0 Å². The first kappa shape index (κ1) is 102. The van der Waals surface area contributed by atoms with Gasteiger partial charge in [-0.25, -0.2) is 0 Å². The molecule has 16 atom stereocenters. The van der Waals surface area contributed by atoms with Gasteiger partial charge in [0.05, 0.1) is 93.6 Å². The number of ether oxygens (including phenoxy) is 1. The maximum Gasteiger partial charge on any atom is 0.306 e. The van der Waals surface area contributed by atoms with Crippen LogP contribution in [0.15, 0.2) is 0 Å². The van der Waals surface area contributed by atoms with Crippen molar-refractivity contribution < 1.29 is 68.3 Å². The molecule has 97 heavy (non-hydrogen) atoms. The number of carbonyl (C=O) groups excluding carboxylic acids is 1. The van der Waals surface area contributed by atoms with Crippen molar-refractivity contribution in [1.29, 1.82) is 0 Å². The van der Waals surface area contributed by atoms with Gasteiger partial charge in [0.15, 0.2) is 0 Å². The van der Waals surface area contributed by atoms with Crippen molar-refractivity contribution in [2.45, 2.75) is 318 Å². The predicted molar refractivity (Wildman–Crippen MR) is 448 cm³/mol. The molecule has 0 spiro atoms. The lowest BCUT2D eigenvalue weighted by atomic mass is 10.0. The molecule has 0 fully saturated rings. The van der Waals surface area contributed by atoms with E-state index in [-0.39, 0.29) is 85.6 Å². The largest absolute Gasteiger partial charge is 0.466 e. The molecule has 582 valence electrons. The predicted octanol–water partition coefficient (Wildman–Crippen LogP) is 27.2. The van der Waals surface area contributed by atoms with E-state index in [0.717, 1.165) is 56.9 Å². The Hall–Kier alpha value is 4.63. The Labute approximate surface area is 637 Å². The Bertz CT molecular complexity index is 1860. The molecule has 0 aromatic heterocycles. The van der Waals surface area contributed by atoms with Gasteiger partial charge in [0.2, 0.25) is 43.6 Å². The molecule has 0 aromatic carbocycles. The highest BCUT2D eigenvalue weighted by Gasteiger charge is 2.33. The first-order valence-corrected chi connectivity index (χ1v) is 56.9. The van der Waals surface area contributed by atoms with Crippen molar-refractivity contribution in [3.8, 4) is 0 Å². The van der Waals surface area contributed by atoms with Crippen LogP contribution in [0.1, 0.15) is 245 Å². The third-order valence-corrected chi connectivity index (χ3v) is 40.3. The van der Waals surface area contributed by atoms with E-state index >= 15 is 0 Å². The standard InChI is InChI=1S/C67H141O15P7S8/c1-30-70-67(68)31-32-91-84(80-64(26)46-97-89(90,81-65(27)44-92-83(69-29)40-54(16)33-47(2)3)82-66(28)45-96-87(75-59(21)38-52(12)13)76-60(22)39-53(14)15)77-61(23)41-95-88(78-62(24)42-93-85(71-55(17)34-48(4)5)72-56(18)35-49(6)7)79-63(25)43-94-86(73-57(19)36-50(8)9)74-58(20)37-51(10)11/h47-66H,30-46H2,1-29H3. The smallest absolute Gasteiger partial charge is 0.306 e. The van der Waals surface area contributed by atoms with E-state index in [1.807, 2.05) is 32.3 Å². The number of esters is 1. The van der Waals surface area contributed by atoms with Gasteiger partial charge < -0.3 is 63.5 Å². The Kier molecular flexibility index (Phi) is 62.3. The zero-order chi connectivity index (χ0) is 74.0. The molecule has 0 N–H and O–H groups in total. The second kappa shape index (κ2) is 59.4. The average molecular weight is 1660 g/mol.